The fraction of sp³-hybridized carbons (Fsp3) is 0.125. The molecule has 0 saturated carbocycles. The van der Waals surface area contributed by atoms with E-state index >= 15 is 0 Å². The lowest BCUT2D eigenvalue weighted by atomic mass is 10.0. The van der Waals surface area contributed by atoms with E-state index in [1.165, 1.54) is 12.1 Å². The van der Waals surface area contributed by atoms with Gasteiger partial charge in [0, 0.05) is 0 Å². The third-order valence-electron chi connectivity index (χ3n) is 2.97. The largest absolute Gasteiger partial charge is 0.497 e. The van der Waals surface area contributed by atoms with E-state index in [4.69, 9.17) is 10.00 Å². The van der Waals surface area contributed by atoms with Gasteiger partial charge in [-0.1, -0.05) is 18.2 Å². The first-order valence-corrected chi connectivity index (χ1v) is 6.25. The van der Waals surface area contributed by atoms with Gasteiger partial charge in [-0.05, 0) is 35.4 Å². The molecule has 0 atom stereocenters. The van der Waals surface area contributed by atoms with Crippen LogP contribution < -0.4 is 10.1 Å². The van der Waals surface area contributed by atoms with Crippen LogP contribution >= 0.6 is 0 Å². The van der Waals surface area contributed by atoms with Crippen LogP contribution in [0.4, 0.5) is 4.39 Å². The van der Waals surface area contributed by atoms with E-state index in [-0.39, 0.29) is 12.1 Å². The predicted molar refractivity (Wildman–Crippen MR) is 76.3 cm³/mol. The SMILES string of the molecule is COc1ccc(-c2ccc(C(=O)NCC#N)c(F)c2)cc1. The van der Waals surface area contributed by atoms with Gasteiger partial charge in [-0.25, -0.2) is 4.39 Å². The maximum absolute atomic E-state index is 14.0. The van der Waals surface area contributed by atoms with Crippen LogP contribution in [0.2, 0.25) is 0 Å². The molecule has 2 aromatic carbocycles. The summed E-state index contributed by atoms with van der Waals surface area (Å²) in [5.74, 6) is -0.513. The molecule has 1 N–H and O–H groups in total. The van der Waals surface area contributed by atoms with Crippen molar-refractivity contribution in [3.05, 3.63) is 53.8 Å². The minimum atomic E-state index is -0.626. The second-order valence-electron chi connectivity index (χ2n) is 4.26. The minimum Gasteiger partial charge on any atom is -0.497 e. The number of nitriles is 1. The first-order chi connectivity index (χ1) is 10.2. The molecule has 0 aliphatic heterocycles. The van der Waals surface area contributed by atoms with Crippen molar-refractivity contribution in [1.82, 2.24) is 5.32 Å². The van der Waals surface area contributed by atoms with Crippen molar-refractivity contribution in [2.24, 2.45) is 0 Å². The zero-order chi connectivity index (χ0) is 15.2. The van der Waals surface area contributed by atoms with E-state index < -0.39 is 11.7 Å². The van der Waals surface area contributed by atoms with Crippen LogP contribution in [0.3, 0.4) is 0 Å². The number of hydrogen-bond acceptors (Lipinski definition) is 3. The van der Waals surface area contributed by atoms with E-state index in [0.29, 0.717) is 11.3 Å². The van der Waals surface area contributed by atoms with E-state index in [2.05, 4.69) is 5.32 Å². The Hall–Kier alpha value is -2.87. The summed E-state index contributed by atoms with van der Waals surface area (Å²) in [6.07, 6.45) is 0. The molecule has 106 valence electrons. The van der Waals surface area contributed by atoms with Crippen molar-refractivity contribution in [3.8, 4) is 22.9 Å². The Morgan fingerprint density at radius 2 is 1.90 bits per heavy atom. The molecular weight excluding hydrogens is 271 g/mol. The second kappa shape index (κ2) is 6.53. The zero-order valence-corrected chi connectivity index (χ0v) is 11.4. The van der Waals surface area contributed by atoms with Gasteiger partial charge in [0.2, 0.25) is 0 Å². The van der Waals surface area contributed by atoms with E-state index in [0.717, 1.165) is 5.56 Å². The molecule has 0 aromatic heterocycles. The highest BCUT2D eigenvalue weighted by molar-refractivity contribution is 5.95. The van der Waals surface area contributed by atoms with Crippen LogP contribution in [-0.2, 0) is 0 Å². The second-order valence-corrected chi connectivity index (χ2v) is 4.26. The predicted octanol–water partition coefficient (Wildman–Crippen LogP) is 2.75. The van der Waals surface area contributed by atoms with E-state index in [1.54, 1.807) is 31.4 Å². The number of methoxy groups -OCH3 is 1. The summed E-state index contributed by atoms with van der Waals surface area (Å²) < 4.78 is 19.1. The third kappa shape index (κ3) is 3.37. The highest BCUT2D eigenvalue weighted by atomic mass is 19.1. The Morgan fingerprint density at radius 1 is 1.24 bits per heavy atom. The lowest BCUT2D eigenvalue weighted by Crippen LogP contribution is -2.24. The molecule has 0 radical (unpaired) electrons. The number of benzene rings is 2. The average molecular weight is 284 g/mol. The highest BCUT2D eigenvalue weighted by Crippen LogP contribution is 2.24. The van der Waals surface area contributed by atoms with Gasteiger partial charge in [0.25, 0.3) is 5.91 Å². The quantitative estimate of drug-likeness (QED) is 0.878. The maximum atomic E-state index is 14.0. The Balaban J connectivity index is 2.25. The molecule has 0 bridgehead atoms. The molecule has 0 aliphatic carbocycles. The molecule has 0 unspecified atom stereocenters. The fourth-order valence-corrected chi connectivity index (χ4v) is 1.88. The van der Waals surface area contributed by atoms with E-state index in [1.807, 2.05) is 12.1 Å². The average Bonchev–Trinajstić information content (AvgIpc) is 2.52. The Kier molecular flexibility index (Phi) is 4.52. The van der Waals surface area contributed by atoms with Crippen LogP contribution in [0.1, 0.15) is 10.4 Å². The number of carbonyl (C=O) groups excluding carboxylic acids is 1. The smallest absolute Gasteiger partial charge is 0.255 e. The van der Waals surface area contributed by atoms with Gasteiger partial charge in [-0.2, -0.15) is 5.26 Å². The zero-order valence-electron chi connectivity index (χ0n) is 11.4. The number of ether oxygens (including phenoxy) is 1. The molecule has 0 aliphatic rings. The molecular formula is C16H13FN2O2. The molecule has 2 aromatic rings. The van der Waals surface area contributed by atoms with Crippen LogP contribution in [0.15, 0.2) is 42.5 Å². The molecule has 4 nitrogen and oxygen atoms in total. The van der Waals surface area contributed by atoms with Crippen molar-refractivity contribution < 1.29 is 13.9 Å². The summed E-state index contributed by atoms with van der Waals surface area (Å²) in [4.78, 5) is 11.6. The summed E-state index contributed by atoms with van der Waals surface area (Å²) in [6, 6.07) is 13.3. The van der Waals surface area contributed by atoms with Crippen molar-refractivity contribution in [1.29, 1.82) is 5.26 Å². The molecule has 0 heterocycles. The Labute approximate surface area is 121 Å². The molecule has 5 heteroatoms. The number of nitrogens with zero attached hydrogens (tertiary/aromatic N) is 1. The number of nitrogens with one attached hydrogen (secondary N) is 1. The standard InChI is InChI=1S/C16H13FN2O2/c1-21-13-5-2-11(3-6-13)12-4-7-14(15(17)10-12)16(20)19-9-8-18/h2-7,10H,9H2,1H3,(H,19,20). The minimum absolute atomic E-state index is 0.0810. The van der Waals surface area contributed by atoms with Crippen LogP contribution in [0, 0.1) is 17.1 Å². The van der Waals surface area contributed by atoms with Crippen LogP contribution in [0.25, 0.3) is 11.1 Å². The van der Waals surface area contributed by atoms with Gasteiger partial charge < -0.3 is 10.1 Å². The molecule has 1 amide bonds. The molecule has 2 rings (SSSR count). The first-order valence-electron chi connectivity index (χ1n) is 6.25. The monoisotopic (exact) mass is 284 g/mol. The lowest BCUT2D eigenvalue weighted by molar-refractivity contribution is 0.0954. The summed E-state index contributed by atoms with van der Waals surface area (Å²) in [5.41, 5.74) is 1.40. The van der Waals surface area contributed by atoms with E-state index in [9.17, 15) is 9.18 Å². The fourth-order valence-electron chi connectivity index (χ4n) is 1.88. The van der Waals surface area contributed by atoms with Gasteiger partial charge in [-0.15, -0.1) is 0 Å². The number of amides is 1. The molecule has 0 fully saturated rings. The summed E-state index contributed by atoms with van der Waals surface area (Å²) in [6.45, 7) is -0.154. The van der Waals surface area contributed by atoms with Crippen LogP contribution in [-0.4, -0.2) is 19.6 Å². The van der Waals surface area contributed by atoms with Crippen molar-refractivity contribution in [2.45, 2.75) is 0 Å². The van der Waals surface area contributed by atoms with Gasteiger partial charge >= 0.3 is 0 Å². The van der Waals surface area contributed by atoms with Gasteiger partial charge in [0.15, 0.2) is 0 Å². The highest BCUT2D eigenvalue weighted by Gasteiger charge is 2.12. The third-order valence-corrected chi connectivity index (χ3v) is 2.97. The van der Waals surface area contributed by atoms with Gasteiger partial charge in [0.05, 0.1) is 18.7 Å². The molecule has 0 spiro atoms. The lowest BCUT2D eigenvalue weighted by Gasteiger charge is -2.07. The number of carbonyl (C=O) groups is 1. The summed E-state index contributed by atoms with van der Waals surface area (Å²) >= 11 is 0. The number of halogens is 1. The molecule has 21 heavy (non-hydrogen) atoms. The Bertz CT molecular complexity index is 690. The maximum Gasteiger partial charge on any atom is 0.255 e. The topological polar surface area (TPSA) is 62.1 Å². The van der Waals surface area contributed by atoms with Crippen molar-refractivity contribution >= 4 is 5.91 Å². The number of rotatable bonds is 4. The summed E-state index contributed by atoms with van der Waals surface area (Å²) in [7, 11) is 1.57. The van der Waals surface area contributed by atoms with Gasteiger partial charge in [-0.3, -0.25) is 4.79 Å². The van der Waals surface area contributed by atoms with Crippen molar-refractivity contribution in [3.63, 3.8) is 0 Å². The summed E-state index contributed by atoms with van der Waals surface area (Å²) in [5, 5.41) is 10.7. The van der Waals surface area contributed by atoms with Crippen LogP contribution in [0.5, 0.6) is 5.75 Å². The van der Waals surface area contributed by atoms with Crippen molar-refractivity contribution in [2.75, 3.05) is 13.7 Å². The normalized spacial score (nSPS) is 9.76. The molecule has 0 saturated heterocycles. The van der Waals surface area contributed by atoms with Gasteiger partial charge in [0.1, 0.15) is 18.1 Å². The first kappa shape index (κ1) is 14.5. The Morgan fingerprint density at radius 3 is 2.48 bits per heavy atom. The number of hydrogen-bond donors (Lipinski definition) is 1.